The van der Waals surface area contributed by atoms with Gasteiger partial charge in [0.1, 0.15) is 0 Å². The maximum atomic E-state index is 4.36. The second-order valence-corrected chi connectivity index (χ2v) is 4.24. The fourth-order valence-corrected chi connectivity index (χ4v) is 1.65. The molecule has 1 N–H and O–H groups in total. The van der Waals surface area contributed by atoms with E-state index in [0.717, 1.165) is 19.0 Å². The minimum absolute atomic E-state index is 0.518. The van der Waals surface area contributed by atoms with Crippen molar-refractivity contribution in [3.05, 3.63) is 18.0 Å². The minimum Gasteiger partial charge on any atom is -0.312 e. The van der Waals surface area contributed by atoms with Crippen LogP contribution in [0.2, 0.25) is 0 Å². The monoisotopic (exact) mass is 193 g/mol. The van der Waals surface area contributed by atoms with Gasteiger partial charge < -0.3 is 5.32 Å². The largest absolute Gasteiger partial charge is 0.312 e. The zero-order chi connectivity index (χ0) is 9.97. The van der Waals surface area contributed by atoms with Crippen molar-refractivity contribution in [2.75, 3.05) is 6.54 Å². The van der Waals surface area contributed by atoms with E-state index in [2.05, 4.69) is 35.1 Å². The third kappa shape index (κ3) is 2.35. The quantitative estimate of drug-likeness (QED) is 0.774. The first kappa shape index (κ1) is 9.71. The van der Waals surface area contributed by atoms with Crippen LogP contribution in [0.1, 0.15) is 37.8 Å². The summed E-state index contributed by atoms with van der Waals surface area (Å²) in [6, 6.07) is 1.31. The van der Waals surface area contributed by atoms with Crippen molar-refractivity contribution in [3.63, 3.8) is 0 Å². The van der Waals surface area contributed by atoms with Crippen LogP contribution in [-0.2, 0) is 0 Å². The van der Waals surface area contributed by atoms with E-state index in [0.29, 0.717) is 6.04 Å². The molecule has 14 heavy (non-hydrogen) atoms. The second-order valence-electron chi connectivity index (χ2n) is 4.24. The summed E-state index contributed by atoms with van der Waals surface area (Å²) < 4.78 is 2.09. The van der Waals surface area contributed by atoms with Crippen molar-refractivity contribution >= 4 is 0 Å². The SMILES string of the molecule is CCC(CNC1CC1)n1cc(C)cn1. The molecule has 0 spiro atoms. The Kier molecular flexibility index (Phi) is 2.87. The van der Waals surface area contributed by atoms with Crippen molar-refractivity contribution in [1.29, 1.82) is 0 Å². The van der Waals surface area contributed by atoms with Crippen molar-refractivity contribution in [3.8, 4) is 0 Å². The lowest BCUT2D eigenvalue weighted by atomic mass is 10.2. The molecule has 0 amide bonds. The van der Waals surface area contributed by atoms with E-state index in [4.69, 9.17) is 0 Å². The van der Waals surface area contributed by atoms with E-state index in [-0.39, 0.29) is 0 Å². The van der Waals surface area contributed by atoms with Gasteiger partial charge in [-0.15, -0.1) is 0 Å². The zero-order valence-electron chi connectivity index (χ0n) is 9.03. The van der Waals surface area contributed by atoms with Crippen LogP contribution in [-0.4, -0.2) is 22.4 Å². The smallest absolute Gasteiger partial charge is 0.0641 e. The molecule has 3 nitrogen and oxygen atoms in total. The van der Waals surface area contributed by atoms with Crippen LogP contribution in [0, 0.1) is 6.92 Å². The molecule has 1 aliphatic rings. The van der Waals surface area contributed by atoms with Gasteiger partial charge in [0.25, 0.3) is 0 Å². The van der Waals surface area contributed by atoms with Crippen molar-refractivity contribution in [2.45, 2.75) is 45.2 Å². The molecule has 1 saturated carbocycles. The van der Waals surface area contributed by atoms with Gasteiger partial charge in [-0.05, 0) is 31.7 Å². The van der Waals surface area contributed by atoms with Crippen LogP contribution in [0.5, 0.6) is 0 Å². The van der Waals surface area contributed by atoms with Crippen LogP contribution in [0.25, 0.3) is 0 Å². The number of aromatic nitrogens is 2. The summed E-state index contributed by atoms with van der Waals surface area (Å²) in [6.45, 7) is 5.36. The summed E-state index contributed by atoms with van der Waals surface area (Å²) in [5.41, 5.74) is 1.25. The highest BCUT2D eigenvalue weighted by molar-refractivity contribution is 5.00. The van der Waals surface area contributed by atoms with E-state index < -0.39 is 0 Å². The Morgan fingerprint density at radius 1 is 1.64 bits per heavy atom. The summed E-state index contributed by atoms with van der Waals surface area (Å²) in [7, 11) is 0. The fraction of sp³-hybridized carbons (Fsp3) is 0.727. The second kappa shape index (κ2) is 4.13. The first-order valence-electron chi connectivity index (χ1n) is 5.53. The Hall–Kier alpha value is -0.830. The summed E-state index contributed by atoms with van der Waals surface area (Å²) >= 11 is 0. The fourth-order valence-electron chi connectivity index (χ4n) is 1.65. The number of aryl methyl sites for hydroxylation is 1. The molecule has 0 radical (unpaired) electrons. The molecule has 0 aromatic carbocycles. The minimum atomic E-state index is 0.518. The molecule has 1 unspecified atom stereocenters. The summed E-state index contributed by atoms with van der Waals surface area (Å²) in [4.78, 5) is 0. The lowest BCUT2D eigenvalue weighted by molar-refractivity contribution is 0.410. The van der Waals surface area contributed by atoms with Crippen LogP contribution >= 0.6 is 0 Å². The van der Waals surface area contributed by atoms with E-state index in [1.165, 1.54) is 18.4 Å². The van der Waals surface area contributed by atoms with E-state index >= 15 is 0 Å². The van der Waals surface area contributed by atoms with Gasteiger partial charge in [-0.3, -0.25) is 4.68 Å². The topological polar surface area (TPSA) is 29.9 Å². The van der Waals surface area contributed by atoms with Crippen LogP contribution < -0.4 is 5.32 Å². The van der Waals surface area contributed by atoms with E-state index in [1.807, 2.05) is 6.20 Å². The molecule has 1 heterocycles. The molecule has 1 fully saturated rings. The molecule has 1 aliphatic carbocycles. The third-order valence-corrected chi connectivity index (χ3v) is 2.80. The van der Waals surface area contributed by atoms with Gasteiger partial charge in [0.15, 0.2) is 0 Å². The summed E-state index contributed by atoms with van der Waals surface area (Å²) in [5.74, 6) is 0. The Bertz CT molecular complexity index is 288. The highest BCUT2D eigenvalue weighted by Gasteiger charge is 2.21. The van der Waals surface area contributed by atoms with Crippen molar-refractivity contribution in [1.82, 2.24) is 15.1 Å². The summed E-state index contributed by atoms with van der Waals surface area (Å²) in [5, 5.41) is 7.92. The van der Waals surface area contributed by atoms with Crippen molar-refractivity contribution in [2.24, 2.45) is 0 Å². The third-order valence-electron chi connectivity index (χ3n) is 2.80. The molecule has 0 aliphatic heterocycles. The van der Waals surface area contributed by atoms with Crippen LogP contribution in [0.4, 0.5) is 0 Å². The Balaban J connectivity index is 1.90. The molecule has 3 heteroatoms. The van der Waals surface area contributed by atoms with Gasteiger partial charge in [0.05, 0.1) is 12.2 Å². The molecular formula is C11H19N3. The average molecular weight is 193 g/mol. The maximum absolute atomic E-state index is 4.36. The van der Waals surface area contributed by atoms with Crippen molar-refractivity contribution < 1.29 is 0 Å². The highest BCUT2D eigenvalue weighted by Crippen LogP contribution is 2.20. The highest BCUT2D eigenvalue weighted by atomic mass is 15.3. The molecular weight excluding hydrogens is 174 g/mol. The van der Waals surface area contributed by atoms with E-state index in [1.54, 1.807) is 0 Å². The molecule has 0 saturated heterocycles. The Morgan fingerprint density at radius 2 is 2.43 bits per heavy atom. The number of nitrogens with zero attached hydrogens (tertiary/aromatic N) is 2. The first-order valence-corrected chi connectivity index (χ1v) is 5.53. The van der Waals surface area contributed by atoms with Gasteiger partial charge >= 0.3 is 0 Å². The molecule has 1 atom stereocenters. The van der Waals surface area contributed by atoms with Gasteiger partial charge in [0, 0.05) is 18.8 Å². The zero-order valence-corrected chi connectivity index (χ0v) is 9.03. The molecule has 78 valence electrons. The predicted molar refractivity (Wildman–Crippen MR) is 57.3 cm³/mol. The number of hydrogen-bond acceptors (Lipinski definition) is 2. The van der Waals surface area contributed by atoms with Gasteiger partial charge in [-0.2, -0.15) is 5.10 Å². The molecule has 2 rings (SSSR count). The summed E-state index contributed by atoms with van der Waals surface area (Å²) in [6.07, 6.45) is 7.91. The first-order chi connectivity index (χ1) is 6.79. The normalized spacial score (nSPS) is 18.4. The predicted octanol–water partition coefficient (Wildman–Crippen LogP) is 1.89. The van der Waals surface area contributed by atoms with Crippen LogP contribution in [0.15, 0.2) is 12.4 Å². The van der Waals surface area contributed by atoms with Gasteiger partial charge in [-0.1, -0.05) is 6.92 Å². The molecule has 1 aromatic rings. The Morgan fingerprint density at radius 3 is 2.93 bits per heavy atom. The number of nitrogens with one attached hydrogen (secondary N) is 1. The van der Waals surface area contributed by atoms with Gasteiger partial charge in [0.2, 0.25) is 0 Å². The Labute approximate surface area is 85.5 Å². The number of hydrogen-bond donors (Lipinski definition) is 1. The van der Waals surface area contributed by atoms with E-state index in [9.17, 15) is 0 Å². The molecule has 1 aromatic heterocycles. The molecule has 0 bridgehead atoms. The lowest BCUT2D eigenvalue weighted by Crippen LogP contribution is -2.26. The van der Waals surface area contributed by atoms with Gasteiger partial charge in [-0.25, -0.2) is 0 Å². The van der Waals surface area contributed by atoms with Crippen LogP contribution in [0.3, 0.4) is 0 Å². The maximum Gasteiger partial charge on any atom is 0.0641 e. The average Bonchev–Trinajstić information content (AvgIpc) is 2.90. The standard InChI is InChI=1S/C11H19N3/c1-3-11(7-12-10-4-5-10)14-8-9(2)6-13-14/h6,8,10-12H,3-5,7H2,1-2H3. The number of rotatable bonds is 5. The lowest BCUT2D eigenvalue weighted by Gasteiger charge is -2.16.